The van der Waals surface area contributed by atoms with E-state index in [2.05, 4.69) is 78.0 Å². The maximum Gasteiger partial charge on any atom is 0.0143 e. The van der Waals surface area contributed by atoms with Crippen molar-refractivity contribution in [1.29, 1.82) is 0 Å². The van der Waals surface area contributed by atoms with Crippen molar-refractivity contribution in [2.45, 2.75) is 74.7 Å². The van der Waals surface area contributed by atoms with Gasteiger partial charge in [-0.3, -0.25) is 0 Å². The highest BCUT2D eigenvalue weighted by atomic mass is 14.3. The number of aryl methyl sites for hydroxylation is 1. The zero-order valence-corrected chi connectivity index (χ0v) is 16.0. The zero-order chi connectivity index (χ0) is 17.1. The Bertz CT molecular complexity index is 441. The van der Waals surface area contributed by atoms with E-state index < -0.39 is 0 Å². The molecule has 120 valence electrons. The second kappa shape index (κ2) is 11.4. The molecule has 1 aromatic rings. The molecule has 0 atom stereocenters. The van der Waals surface area contributed by atoms with E-state index in [9.17, 15) is 0 Å². The topological polar surface area (TPSA) is 0 Å². The van der Waals surface area contributed by atoms with Crippen LogP contribution in [0.3, 0.4) is 0 Å². The van der Waals surface area contributed by atoms with Gasteiger partial charge in [0.15, 0.2) is 0 Å². The van der Waals surface area contributed by atoms with E-state index in [0.717, 1.165) is 0 Å². The smallest absolute Gasteiger partial charge is 0.0143 e. The van der Waals surface area contributed by atoms with Crippen molar-refractivity contribution in [3.8, 4) is 0 Å². The maximum atomic E-state index is 2.29. The fraction of sp³-hybridized carbons (Fsp3) is 0.524. The third-order valence-corrected chi connectivity index (χ3v) is 3.22. The molecule has 0 aliphatic heterocycles. The standard InChI is InChI=1S/C17H24.2C2H6/c1-7-15(11-13(2)3)17(5,6)16-10-8-9-14(4)12-16;2*1-2/h7-12H,1-6H3;2*1-2H3/b15-7+;;. The molecule has 0 fully saturated rings. The van der Waals surface area contributed by atoms with Gasteiger partial charge < -0.3 is 0 Å². The normalized spacial score (nSPS) is 10.7. The van der Waals surface area contributed by atoms with Gasteiger partial charge in [0.25, 0.3) is 0 Å². The molecule has 0 saturated heterocycles. The summed E-state index contributed by atoms with van der Waals surface area (Å²) in [7, 11) is 0. The average molecular weight is 289 g/mol. The highest BCUT2D eigenvalue weighted by molar-refractivity contribution is 5.41. The molecule has 0 heteroatoms. The molecule has 0 heterocycles. The van der Waals surface area contributed by atoms with Crippen molar-refractivity contribution in [1.82, 2.24) is 0 Å². The van der Waals surface area contributed by atoms with Gasteiger partial charge in [0.05, 0.1) is 0 Å². The van der Waals surface area contributed by atoms with Crippen molar-refractivity contribution < 1.29 is 0 Å². The Morgan fingerprint density at radius 1 is 1.00 bits per heavy atom. The highest BCUT2D eigenvalue weighted by Gasteiger charge is 2.23. The van der Waals surface area contributed by atoms with Gasteiger partial charge in [-0.1, -0.05) is 89.1 Å². The van der Waals surface area contributed by atoms with Crippen LogP contribution in [0.15, 0.2) is 47.6 Å². The van der Waals surface area contributed by atoms with Crippen LogP contribution in [0.5, 0.6) is 0 Å². The van der Waals surface area contributed by atoms with Crippen molar-refractivity contribution in [3.05, 3.63) is 58.7 Å². The van der Waals surface area contributed by atoms with E-state index in [1.165, 1.54) is 22.3 Å². The molecule has 0 nitrogen and oxygen atoms in total. The molecule has 0 unspecified atom stereocenters. The molecule has 0 bridgehead atoms. The summed E-state index contributed by atoms with van der Waals surface area (Å²) >= 11 is 0. The molecule has 0 saturated carbocycles. The minimum atomic E-state index is 0.0675. The Morgan fingerprint density at radius 3 is 1.90 bits per heavy atom. The van der Waals surface area contributed by atoms with E-state index in [-0.39, 0.29) is 5.41 Å². The van der Waals surface area contributed by atoms with Gasteiger partial charge in [0.1, 0.15) is 0 Å². The average Bonchev–Trinajstić information content (AvgIpc) is 2.48. The summed E-state index contributed by atoms with van der Waals surface area (Å²) in [5.74, 6) is 0. The predicted molar refractivity (Wildman–Crippen MR) is 100 cm³/mol. The maximum absolute atomic E-state index is 2.29. The van der Waals surface area contributed by atoms with Crippen LogP contribution in [0.2, 0.25) is 0 Å². The van der Waals surface area contributed by atoms with Crippen LogP contribution in [-0.4, -0.2) is 0 Å². The Labute approximate surface area is 134 Å². The van der Waals surface area contributed by atoms with Crippen molar-refractivity contribution in [3.63, 3.8) is 0 Å². The molecule has 21 heavy (non-hydrogen) atoms. The molecule has 0 aliphatic carbocycles. The van der Waals surface area contributed by atoms with Gasteiger partial charge in [-0.05, 0) is 38.8 Å². The highest BCUT2D eigenvalue weighted by Crippen LogP contribution is 2.33. The van der Waals surface area contributed by atoms with Gasteiger partial charge in [-0.15, -0.1) is 0 Å². The molecular weight excluding hydrogens is 252 g/mol. The predicted octanol–water partition coefficient (Wildman–Crippen LogP) is 7.24. The van der Waals surface area contributed by atoms with Crippen LogP contribution in [0.4, 0.5) is 0 Å². The molecule has 0 aromatic heterocycles. The third-order valence-electron chi connectivity index (χ3n) is 3.22. The molecule has 0 N–H and O–H groups in total. The molecule has 0 spiro atoms. The SMILES string of the molecule is C/C=C(\C=C(C)C)C(C)(C)c1cccc(C)c1.CC.CC. The van der Waals surface area contributed by atoms with Gasteiger partial charge in [0.2, 0.25) is 0 Å². The van der Waals surface area contributed by atoms with Crippen LogP contribution >= 0.6 is 0 Å². The lowest BCUT2D eigenvalue weighted by Crippen LogP contribution is -2.19. The van der Waals surface area contributed by atoms with E-state index in [1.807, 2.05) is 27.7 Å². The monoisotopic (exact) mass is 288 g/mol. The summed E-state index contributed by atoms with van der Waals surface area (Å²) in [4.78, 5) is 0. The van der Waals surface area contributed by atoms with E-state index in [4.69, 9.17) is 0 Å². The van der Waals surface area contributed by atoms with Crippen molar-refractivity contribution in [2.75, 3.05) is 0 Å². The minimum absolute atomic E-state index is 0.0675. The summed E-state index contributed by atoms with van der Waals surface area (Å²) in [6, 6.07) is 8.79. The number of allylic oxidation sites excluding steroid dienone is 4. The molecular formula is C21H36. The minimum Gasteiger partial charge on any atom is -0.0836 e. The Kier molecular flexibility index (Phi) is 11.9. The van der Waals surface area contributed by atoms with E-state index in [0.29, 0.717) is 0 Å². The number of benzene rings is 1. The lowest BCUT2D eigenvalue weighted by Gasteiger charge is -2.28. The van der Waals surface area contributed by atoms with Crippen molar-refractivity contribution >= 4 is 0 Å². The van der Waals surface area contributed by atoms with E-state index in [1.54, 1.807) is 0 Å². The zero-order valence-electron chi connectivity index (χ0n) is 16.0. The number of hydrogen-bond acceptors (Lipinski definition) is 0. The van der Waals surface area contributed by atoms with Gasteiger partial charge in [-0.25, -0.2) is 0 Å². The summed E-state index contributed by atoms with van der Waals surface area (Å²) in [6.45, 7) is 21.1. The van der Waals surface area contributed by atoms with Crippen LogP contribution in [0.25, 0.3) is 0 Å². The first-order valence-corrected chi connectivity index (χ1v) is 8.26. The van der Waals surface area contributed by atoms with Crippen LogP contribution in [0.1, 0.15) is 73.4 Å². The van der Waals surface area contributed by atoms with Crippen LogP contribution in [-0.2, 0) is 5.41 Å². The second-order valence-electron chi connectivity index (χ2n) is 5.46. The largest absolute Gasteiger partial charge is 0.0836 e. The number of hydrogen-bond donors (Lipinski definition) is 0. The summed E-state index contributed by atoms with van der Waals surface area (Å²) in [5, 5.41) is 0. The van der Waals surface area contributed by atoms with Crippen molar-refractivity contribution in [2.24, 2.45) is 0 Å². The van der Waals surface area contributed by atoms with Crippen LogP contribution in [0, 0.1) is 6.92 Å². The molecule has 1 aromatic carbocycles. The summed E-state index contributed by atoms with van der Waals surface area (Å²) in [5.41, 5.74) is 5.49. The first-order valence-electron chi connectivity index (χ1n) is 8.26. The fourth-order valence-corrected chi connectivity index (χ4v) is 2.14. The van der Waals surface area contributed by atoms with Gasteiger partial charge in [-0.2, -0.15) is 0 Å². The first-order chi connectivity index (χ1) is 9.87. The fourth-order valence-electron chi connectivity index (χ4n) is 2.14. The third kappa shape index (κ3) is 7.32. The Balaban J connectivity index is 0. The van der Waals surface area contributed by atoms with Gasteiger partial charge >= 0.3 is 0 Å². The summed E-state index contributed by atoms with van der Waals surface area (Å²) in [6.07, 6.45) is 4.50. The van der Waals surface area contributed by atoms with E-state index >= 15 is 0 Å². The molecule has 1 rings (SSSR count). The summed E-state index contributed by atoms with van der Waals surface area (Å²) < 4.78 is 0. The lowest BCUT2D eigenvalue weighted by atomic mass is 9.76. The molecule has 0 aliphatic rings. The number of rotatable bonds is 3. The second-order valence-corrected chi connectivity index (χ2v) is 5.46. The molecule has 0 amide bonds. The molecule has 0 radical (unpaired) electrons. The quantitative estimate of drug-likeness (QED) is 0.514. The Hall–Kier alpha value is -1.30. The Morgan fingerprint density at radius 2 is 1.52 bits per heavy atom. The van der Waals surface area contributed by atoms with Crippen LogP contribution < -0.4 is 0 Å². The van der Waals surface area contributed by atoms with Gasteiger partial charge in [0, 0.05) is 5.41 Å². The lowest BCUT2D eigenvalue weighted by molar-refractivity contribution is 0.636. The first kappa shape index (κ1) is 22.0.